The van der Waals surface area contributed by atoms with E-state index in [1.165, 1.54) is 0 Å². The molecule has 1 N–H and O–H groups in total. The Morgan fingerprint density at radius 3 is 2.10 bits per heavy atom. The summed E-state index contributed by atoms with van der Waals surface area (Å²) in [6.07, 6.45) is 3.29. The first-order valence-electron chi connectivity index (χ1n) is 6.40. The van der Waals surface area contributed by atoms with Gasteiger partial charge in [0.25, 0.3) is 0 Å². The van der Waals surface area contributed by atoms with Crippen molar-refractivity contribution in [2.24, 2.45) is 0 Å². The molecule has 0 aromatic heterocycles. The quantitative estimate of drug-likeness (QED) is 0.389. The molecule has 1 fully saturated rings. The molecule has 1 aliphatic rings. The summed E-state index contributed by atoms with van der Waals surface area (Å²) in [4.78, 5) is 0. The Bertz CT molecular complexity index is 459. The lowest BCUT2D eigenvalue weighted by Crippen LogP contribution is -2.21. The molecule has 2 nitrogen and oxygen atoms in total. The van der Waals surface area contributed by atoms with Gasteiger partial charge in [-0.25, -0.2) is 13.2 Å². The van der Waals surface area contributed by atoms with Crippen LogP contribution in [0.5, 0.6) is 5.75 Å². The molecule has 0 aliphatic carbocycles. The molecule has 20 heavy (non-hydrogen) atoms. The van der Waals surface area contributed by atoms with Gasteiger partial charge in [0.2, 0.25) is 29.1 Å². The van der Waals surface area contributed by atoms with Crippen molar-refractivity contribution in [2.75, 3.05) is 13.2 Å². The van der Waals surface area contributed by atoms with Crippen LogP contribution < -0.4 is 10.1 Å². The van der Waals surface area contributed by atoms with E-state index in [-0.39, 0.29) is 6.61 Å². The van der Waals surface area contributed by atoms with Crippen LogP contribution in [0.3, 0.4) is 0 Å². The van der Waals surface area contributed by atoms with Crippen LogP contribution >= 0.6 is 0 Å². The molecule has 1 aromatic carbocycles. The average Bonchev–Trinajstić information content (AvgIpc) is 2.95. The van der Waals surface area contributed by atoms with Crippen LogP contribution in [0.2, 0.25) is 0 Å². The van der Waals surface area contributed by atoms with E-state index in [0.717, 1.165) is 25.8 Å². The van der Waals surface area contributed by atoms with Crippen LogP contribution in [0.25, 0.3) is 0 Å². The Kier molecular flexibility index (Phi) is 4.80. The first kappa shape index (κ1) is 15.0. The standard InChI is InChI=1S/C13H14F5NO/c14-8-9(15)11(17)13(12(18)10(8)16)20-6-2-4-7-3-1-5-19-7/h7,19H,1-6H2. The van der Waals surface area contributed by atoms with Crippen molar-refractivity contribution >= 4 is 0 Å². The Labute approximate surface area is 112 Å². The summed E-state index contributed by atoms with van der Waals surface area (Å²) >= 11 is 0. The van der Waals surface area contributed by atoms with Gasteiger partial charge in [0, 0.05) is 6.04 Å². The highest BCUT2D eigenvalue weighted by molar-refractivity contribution is 5.29. The number of rotatable bonds is 5. The van der Waals surface area contributed by atoms with Gasteiger partial charge in [-0.05, 0) is 32.2 Å². The minimum absolute atomic E-state index is 0.101. The van der Waals surface area contributed by atoms with Crippen molar-refractivity contribution in [1.82, 2.24) is 5.32 Å². The molecule has 0 bridgehead atoms. The fourth-order valence-electron chi connectivity index (χ4n) is 2.22. The Hall–Kier alpha value is -1.37. The van der Waals surface area contributed by atoms with Crippen LogP contribution in [0.15, 0.2) is 0 Å². The molecule has 0 amide bonds. The van der Waals surface area contributed by atoms with Gasteiger partial charge in [-0.15, -0.1) is 0 Å². The number of hydrogen-bond donors (Lipinski definition) is 1. The molecule has 112 valence electrons. The average molecular weight is 295 g/mol. The van der Waals surface area contributed by atoms with Crippen LogP contribution in [0.1, 0.15) is 25.7 Å². The number of benzene rings is 1. The first-order chi connectivity index (χ1) is 9.52. The fraction of sp³-hybridized carbons (Fsp3) is 0.538. The molecule has 1 aliphatic heterocycles. The Balaban J connectivity index is 1.95. The summed E-state index contributed by atoms with van der Waals surface area (Å²) in [6, 6.07) is 0.329. The summed E-state index contributed by atoms with van der Waals surface area (Å²) in [7, 11) is 0. The van der Waals surface area contributed by atoms with Crippen LogP contribution in [-0.4, -0.2) is 19.2 Å². The predicted octanol–water partition coefficient (Wildman–Crippen LogP) is 3.29. The molecule has 1 atom stereocenters. The molecule has 2 rings (SSSR count). The smallest absolute Gasteiger partial charge is 0.206 e. The zero-order valence-corrected chi connectivity index (χ0v) is 10.6. The number of halogens is 5. The summed E-state index contributed by atoms with van der Waals surface area (Å²) in [5.41, 5.74) is 0. The van der Waals surface area contributed by atoms with Crippen LogP contribution in [-0.2, 0) is 0 Å². The fourth-order valence-corrected chi connectivity index (χ4v) is 2.22. The summed E-state index contributed by atoms with van der Waals surface area (Å²) in [5.74, 6) is -11.2. The summed E-state index contributed by atoms with van der Waals surface area (Å²) in [5, 5.41) is 3.23. The second kappa shape index (κ2) is 6.39. The van der Waals surface area contributed by atoms with Gasteiger partial charge in [0.15, 0.2) is 5.75 Å². The van der Waals surface area contributed by atoms with E-state index < -0.39 is 34.8 Å². The van der Waals surface area contributed by atoms with E-state index in [1.807, 2.05) is 0 Å². The maximum atomic E-state index is 13.3. The summed E-state index contributed by atoms with van der Waals surface area (Å²) in [6.45, 7) is 0.833. The molecule has 1 heterocycles. The Morgan fingerprint density at radius 2 is 1.55 bits per heavy atom. The minimum atomic E-state index is -2.18. The molecular weight excluding hydrogens is 281 g/mol. The highest BCUT2D eigenvalue weighted by Gasteiger charge is 2.27. The Morgan fingerprint density at radius 1 is 0.950 bits per heavy atom. The van der Waals surface area contributed by atoms with E-state index >= 15 is 0 Å². The van der Waals surface area contributed by atoms with Crippen molar-refractivity contribution < 1.29 is 26.7 Å². The molecule has 0 spiro atoms. The summed E-state index contributed by atoms with van der Waals surface area (Å²) < 4.78 is 69.9. The zero-order valence-electron chi connectivity index (χ0n) is 10.6. The lowest BCUT2D eigenvalue weighted by atomic mass is 10.1. The third-order valence-corrected chi connectivity index (χ3v) is 3.28. The SMILES string of the molecule is Fc1c(F)c(F)c(OCCCC2CCCN2)c(F)c1F. The molecule has 0 saturated carbocycles. The van der Waals surface area contributed by atoms with Gasteiger partial charge >= 0.3 is 0 Å². The van der Waals surface area contributed by atoms with E-state index in [1.54, 1.807) is 0 Å². The van der Waals surface area contributed by atoms with Gasteiger partial charge in [-0.2, -0.15) is 8.78 Å². The lowest BCUT2D eigenvalue weighted by molar-refractivity contribution is 0.252. The number of hydrogen-bond acceptors (Lipinski definition) is 2. The molecule has 7 heteroatoms. The molecule has 1 saturated heterocycles. The highest BCUT2D eigenvalue weighted by atomic mass is 19.2. The van der Waals surface area contributed by atoms with Crippen LogP contribution in [0, 0.1) is 29.1 Å². The predicted molar refractivity (Wildman–Crippen MR) is 62.0 cm³/mol. The van der Waals surface area contributed by atoms with Gasteiger partial charge < -0.3 is 10.1 Å². The third kappa shape index (κ3) is 3.03. The highest BCUT2D eigenvalue weighted by Crippen LogP contribution is 2.29. The monoisotopic (exact) mass is 295 g/mol. The number of ether oxygens (including phenoxy) is 1. The van der Waals surface area contributed by atoms with E-state index in [0.29, 0.717) is 12.5 Å². The third-order valence-electron chi connectivity index (χ3n) is 3.28. The molecule has 0 radical (unpaired) electrons. The minimum Gasteiger partial charge on any atom is -0.487 e. The van der Waals surface area contributed by atoms with Crippen molar-refractivity contribution in [3.8, 4) is 5.75 Å². The van der Waals surface area contributed by atoms with Gasteiger partial charge in [-0.3, -0.25) is 0 Å². The zero-order chi connectivity index (χ0) is 14.7. The normalized spacial score (nSPS) is 18.6. The van der Waals surface area contributed by atoms with E-state index in [2.05, 4.69) is 5.32 Å². The second-order valence-electron chi connectivity index (χ2n) is 4.68. The topological polar surface area (TPSA) is 21.3 Å². The second-order valence-corrected chi connectivity index (χ2v) is 4.68. The number of nitrogens with one attached hydrogen (secondary N) is 1. The largest absolute Gasteiger partial charge is 0.487 e. The van der Waals surface area contributed by atoms with Gasteiger partial charge in [0.1, 0.15) is 0 Å². The molecule has 1 unspecified atom stereocenters. The van der Waals surface area contributed by atoms with Crippen molar-refractivity contribution in [3.63, 3.8) is 0 Å². The van der Waals surface area contributed by atoms with Crippen LogP contribution in [0.4, 0.5) is 22.0 Å². The van der Waals surface area contributed by atoms with Crippen molar-refractivity contribution in [1.29, 1.82) is 0 Å². The molecular formula is C13H14F5NO. The van der Waals surface area contributed by atoms with Crippen molar-refractivity contribution in [3.05, 3.63) is 29.1 Å². The molecule has 1 aromatic rings. The van der Waals surface area contributed by atoms with Crippen molar-refractivity contribution in [2.45, 2.75) is 31.7 Å². The maximum Gasteiger partial charge on any atom is 0.206 e. The van der Waals surface area contributed by atoms with Gasteiger partial charge in [-0.1, -0.05) is 0 Å². The van der Waals surface area contributed by atoms with E-state index in [9.17, 15) is 22.0 Å². The maximum absolute atomic E-state index is 13.3. The first-order valence-corrected chi connectivity index (χ1v) is 6.40. The van der Waals surface area contributed by atoms with E-state index in [4.69, 9.17) is 4.74 Å². The lowest BCUT2D eigenvalue weighted by Gasteiger charge is -2.12. The van der Waals surface area contributed by atoms with Gasteiger partial charge in [0.05, 0.1) is 6.61 Å².